The Bertz CT molecular complexity index is 403. The van der Waals surface area contributed by atoms with Crippen molar-refractivity contribution in [2.75, 3.05) is 18.0 Å². The van der Waals surface area contributed by atoms with Crippen LogP contribution in [0.4, 0.5) is 5.82 Å². The van der Waals surface area contributed by atoms with E-state index in [1.165, 1.54) is 25.7 Å². The maximum absolute atomic E-state index is 8.89. The zero-order valence-corrected chi connectivity index (χ0v) is 9.87. The summed E-state index contributed by atoms with van der Waals surface area (Å²) in [6, 6.07) is 5.53. The van der Waals surface area contributed by atoms with Crippen molar-refractivity contribution >= 4 is 17.4 Å². The van der Waals surface area contributed by atoms with Gasteiger partial charge in [-0.3, -0.25) is 0 Å². The van der Waals surface area contributed by atoms with Crippen LogP contribution in [-0.4, -0.2) is 18.1 Å². The van der Waals surface area contributed by atoms with Gasteiger partial charge in [-0.1, -0.05) is 24.4 Å². The van der Waals surface area contributed by atoms with Crippen molar-refractivity contribution in [1.82, 2.24) is 4.98 Å². The molecule has 4 heteroatoms. The quantitative estimate of drug-likeness (QED) is 0.703. The summed E-state index contributed by atoms with van der Waals surface area (Å²) in [5, 5.41) is 9.29. The van der Waals surface area contributed by atoms with E-state index in [1.807, 2.05) is 6.07 Å². The van der Waals surface area contributed by atoms with E-state index in [0.29, 0.717) is 10.7 Å². The van der Waals surface area contributed by atoms with Gasteiger partial charge in [0.1, 0.15) is 11.0 Å². The molecule has 2 heterocycles. The van der Waals surface area contributed by atoms with Gasteiger partial charge in [-0.25, -0.2) is 4.98 Å². The lowest BCUT2D eigenvalue weighted by Crippen LogP contribution is -2.24. The van der Waals surface area contributed by atoms with Gasteiger partial charge in [0.15, 0.2) is 0 Å². The number of pyridine rings is 1. The molecule has 1 aliphatic rings. The average molecular weight is 236 g/mol. The van der Waals surface area contributed by atoms with E-state index >= 15 is 0 Å². The van der Waals surface area contributed by atoms with Gasteiger partial charge in [-0.15, -0.1) is 0 Å². The highest BCUT2D eigenvalue weighted by Crippen LogP contribution is 2.21. The van der Waals surface area contributed by atoms with E-state index in [9.17, 15) is 0 Å². The Labute approximate surface area is 101 Å². The lowest BCUT2D eigenvalue weighted by Gasteiger charge is -2.21. The van der Waals surface area contributed by atoms with Crippen LogP contribution in [0.2, 0.25) is 5.15 Å². The Morgan fingerprint density at radius 3 is 2.50 bits per heavy atom. The van der Waals surface area contributed by atoms with Gasteiger partial charge in [0.2, 0.25) is 0 Å². The molecule has 0 atom stereocenters. The topological polar surface area (TPSA) is 39.9 Å². The Morgan fingerprint density at radius 2 is 1.88 bits per heavy atom. The lowest BCUT2D eigenvalue weighted by molar-refractivity contribution is 0.726. The summed E-state index contributed by atoms with van der Waals surface area (Å²) in [7, 11) is 0. The summed E-state index contributed by atoms with van der Waals surface area (Å²) in [6.45, 7) is 2.02. The van der Waals surface area contributed by atoms with Gasteiger partial charge in [-0.2, -0.15) is 5.26 Å². The van der Waals surface area contributed by atoms with Crippen molar-refractivity contribution in [2.24, 2.45) is 0 Å². The van der Waals surface area contributed by atoms with Crippen LogP contribution >= 0.6 is 11.6 Å². The van der Waals surface area contributed by atoms with E-state index in [1.54, 1.807) is 6.07 Å². The van der Waals surface area contributed by atoms with Crippen molar-refractivity contribution in [2.45, 2.75) is 25.7 Å². The summed E-state index contributed by atoms with van der Waals surface area (Å²) >= 11 is 5.90. The molecule has 0 radical (unpaired) electrons. The van der Waals surface area contributed by atoms with Crippen molar-refractivity contribution in [3.05, 3.63) is 22.8 Å². The molecule has 0 unspecified atom stereocenters. The molecule has 2 rings (SSSR count). The second-order valence-corrected chi connectivity index (χ2v) is 4.44. The number of halogens is 1. The van der Waals surface area contributed by atoms with E-state index in [2.05, 4.69) is 16.0 Å². The molecule has 1 fully saturated rings. The number of hydrogen-bond donors (Lipinski definition) is 0. The third kappa shape index (κ3) is 2.65. The molecule has 0 N–H and O–H groups in total. The Hall–Kier alpha value is -1.27. The summed E-state index contributed by atoms with van der Waals surface area (Å²) in [6.07, 6.45) is 4.94. The Morgan fingerprint density at radius 1 is 1.19 bits per heavy atom. The minimum atomic E-state index is 0.401. The molecule has 16 heavy (non-hydrogen) atoms. The van der Waals surface area contributed by atoms with E-state index < -0.39 is 0 Å². The number of nitrogens with zero attached hydrogens (tertiary/aromatic N) is 3. The molecule has 84 valence electrons. The summed E-state index contributed by atoms with van der Waals surface area (Å²) < 4.78 is 0. The van der Waals surface area contributed by atoms with Crippen molar-refractivity contribution in [3.63, 3.8) is 0 Å². The van der Waals surface area contributed by atoms with Crippen LogP contribution in [0.15, 0.2) is 12.1 Å². The molecule has 0 saturated carbocycles. The monoisotopic (exact) mass is 235 g/mol. The molecule has 1 aromatic rings. The molecule has 0 amide bonds. The fraction of sp³-hybridized carbons (Fsp3) is 0.500. The number of aromatic nitrogens is 1. The van der Waals surface area contributed by atoms with Crippen molar-refractivity contribution < 1.29 is 0 Å². The fourth-order valence-electron chi connectivity index (χ4n) is 2.01. The van der Waals surface area contributed by atoms with Crippen LogP contribution in [0.3, 0.4) is 0 Å². The number of rotatable bonds is 1. The van der Waals surface area contributed by atoms with E-state index in [0.717, 1.165) is 18.9 Å². The molecule has 1 aromatic heterocycles. The van der Waals surface area contributed by atoms with Crippen LogP contribution < -0.4 is 4.90 Å². The van der Waals surface area contributed by atoms with Gasteiger partial charge in [0.05, 0.1) is 11.6 Å². The summed E-state index contributed by atoms with van der Waals surface area (Å²) in [5.74, 6) is 0.839. The van der Waals surface area contributed by atoms with Crippen molar-refractivity contribution in [1.29, 1.82) is 5.26 Å². The first kappa shape index (κ1) is 11.2. The lowest BCUT2D eigenvalue weighted by atomic mass is 10.2. The fourth-order valence-corrected chi connectivity index (χ4v) is 2.21. The zero-order valence-electron chi connectivity index (χ0n) is 9.12. The summed E-state index contributed by atoms with van der Waals surface area (Å²) in [4.78, 5) is 6.51. The molecule has 0 aliphatic carbocycles. The normalized spacial score (nSPS) is 16.6. The largest absolute Gasteiger partial charge is 0.357 e. The van der Waals surface area contributed by atoms with Crippen molar-refractivity contribution in [3.8, 4) is 6.07 Å². The highest BCUT2D eigenvalue weighted by molar-refractivity contribution is 6.29. The molecule has 0 bridgehead atoms. The standard InChI is InChI=1S/C12H14ClN3/c13-11-7-10(9-14)8-12(15-11)16-5-3-1-2-4-6-16/h7-8H,1-6H2. The Balaban J connectivity index is 2.24. The van der Waals surface area contributed by atoms with Gasteiger partial charge in [0.25, 0.3) is 0 Å². The molecule has 0 aromatic carbocycles. The van der Waals surface area contributed by atoms with E-state index in [-0.39, 0.29) is 0 Å². The Kier molecular flexibility index (Phi) is 3.63. The molecular formula is C12H14ClN3. The highest BCUT2D eigenvalue weighted by Gasteiger charge is 2.12. The SMILES string of the molecule is N#Cc1cc(Cl)nc(N2CCCCCC2)c1. The first-order valence-electron chi connectivity index (χ1n) is 5.62. The highest BCUT2D eigenvalue weighted by atomic mass is 35.5. The summed E-state index contributed by atoms with van der Waals surface area (Å²) in [5.41, 5.74) is 0.583. The third-order valence-electron chi connectivity index (χ3n) is 2.84. The maximum Gasteiger partial charge on any atom is 0.132 e. The van der Waals surface area contributed by atoms with Gasteiger partial charge < -0.3 is 4.90 Å². The van der Waals surface area contributed by atoms with Crippen LogP contribution in [0.5, 0.6) is 0 Å². The van der Waals surface area contributed by atoms with Crippen LogP contribution in [0, 0.1) is 11.3 Å². The molecule has 1 aliphatic heterocycles. The molecular weight excluding hydrogens is 222 g/mol. The number of nitriles is 1. The van der Waals surface area contributed by atoms with Gasteiger partial charge in [0, 0.05) is 13.1 Å². The minimum Gasteiger partial charge on any atom is -0.357 e. The minimum absolute atomic E-state index is 0.401. The van der Waals surface area contributed by atoms with Gasteiger partial charge in [-0.05, 0) is 25.0 Å². The second-order valence-electron chi connectivity index (χ2n) is 4.05. The first-order valence-corrected chi connectivity index (χ1v) is 6.00. The molecule has 0 spiro atoms. The smallest absolute Gasteiger partial charge is 0.132 e. The average Bonchev–Trinajstić information content (AvgIpc) is 2.56. The van der Waals surface area contributed by atoms with Crippen LogP contribution in [0.1, 0.15) is 31.2 Å². The predicted molar refractivity (Wildman–Crippen MR) is 64.6 cm³/mol. The van der Waals surface area contributed by atoms with Crippen LogP contribution in [-0.2, 0) is 0 Å². The molecule has 3 nitrogen and oxygen atoms in total. The number of hydrogen-bond acceptors (Lipinski definition) is 3. The van der Waals surface area contributed by atoms with Gasteiger partial charge >= 0.3 is 0 Å². The van der Waals surface area contributed by atoms with Crippen LogP contribution in [0.25, 0.3) is 0 Å². The maximum atomic E-state index is 8.89. The second kappa shape index (κ2) is 5.18. The third-order valence-corrected chi connectivity index (χ3v) is 3.03. The number of anilines is 1. The predicted octanol–water partition coefficient (Wildman–Crippen LogP) is 2.99. The first-order chi connectivity index (χ1) is 7.79. The molecule has 1 saturated heterocycles. The zero-order chi connectivity index (χ0) is 11.4. The van der Waals surface area contributed by atoms with E-state index in [4.69, 9.17) is 16.9 Å².